The molecule has 0 fully saturated rings. The van der Waals surface area contributed by atoms with Gasteiger partial charge in [0.15, 0.2) is 0 Å². The molecule has 0 aliphatic heterocycles. The van der Waals surface area contributed by atoms with Crippen molar-refractivity contribution in [3.8, 4) is 77.9 Å². The van der Waals surface area contributed by atoms with Gasteiger partial charge in [0.1, 0.15) is 0 Å². The third-order valence-corrected chi connectivity index (χ3v) is 13.2. The molecule has 10 aromatic carbocycles. The van der Waals surface area contributed by atoms with Crippen molar-refractivity contribution in [1.29, 1.82) is 0 Å². The number of hydrogen-bond donors (Lipinski definition) is 0. The molecule has 0 heteroatoms. The monoisotopic (exact) mass is 1030 g/mol. The number of aryl methyl sites for hydroxylation is 6. The number of hydrogen-bond acceptors (Lipinski definition) is 0. The summed E-state index contributed by atoms with van der Waals surface area (Å²) in [6.07, 6.45) is 3.89. The van der Waals surface area contributed by atoms with Crippen molar-refractivity contribution < 1.29 is 0 Å². The highest BCUT2D eigenvalue weighted by atomic mass is 14.2. The number of rotatable bonds is 8. The molecule has 0 spiro atoms. The average molecular weight is 1030 g/mol. The molecule has 0 heterocycles. The summed E-state index contributed by atoms with van der Waals surface area (Å²) in [5, 5.41) is 0. The molecule has 0 aliphatic rings. The molecular weight excluding hydrogens is 937 g/mol. The van der Waals surface area contributed by atoms with Crippen LogP contribution in [-0.4, -0.2) is 0 Å². The Balaban J connectivity index is 0.000000231. The minimum atomic E-state index is 1.24. The molecule has 0 saturated carbocycles. The minimum Gasteiger partial charge on any atom is -0.0683 e. The minimum absolute atomic E-state index is 1.24. The molecule has 0 unspecified atom stereocenters. The fourth-order valence-corrected chi connectivity index (χ4v) is 8.70. The molecule has 402 valence electrons. The number of benzene rings is 10. The van der Waals surface area contributed by atoms with Gasteiger partial charge < -0.3 is 0 Å². The molecule has 0 atom stereocenters. The van der Waals surface area contributed by atoms with Gasteiger partial charge in [-0.15, -0.1) is 0 Å². The molecule has 0 aromatic heterocycles. The van der Waals surface area contributed by atoms with E-state index in [2.05, 4.69) is 313 Å². The van der Waals surface area contributed by atoms with Gasteiger partial charge in [-0.1, -0.05) is 304 Å². The topological polar surface area (TPSA) is 0 Å². The molecule has 78 heavy (non-hydrogen) atoms. The predicted molar refractivity (Wildman–Crippen MR) is 350 cm³/mol. The van der Waals surface area contributed by atoms with Crippen molar-refractivity contribution in [3.05, 3.63) is 276 Å². The zero-order valence-electron chi connectivity index (χ0n) is 50.1. The van der Waals surface area contributed by atoms with Crippen molar-refractivity contribution in [1.82, 2.24) is 0 Å². The van der Waals surface area contributed by atoms with Crippen molar-refractivity contribution >= 4 is 0 Å². The maximum atomic E-state index is 2.31. The van der Waals surface area contributed by atoms with Crippen LogP contribution >= 0.6 is 0 Å². The van der Waals surface area contributed by atoms with E-state index in [0.29, 0.717) is 0 Å². The van der Waals surface area contributed by atoms with E-state index in [9.17, 15) is 0 Å². The molecule has 0 N–H and O–H groups in total. The Labute approximate surface area is 474 Å². The van der Waals surface area contributed by atoms with Gasteiger partial charge in [0, 0.05) is 0 Å². The molecule has 10 rings (SSSR count). The summed E-state index contributed by atoms with van der Waals surface area (Å²) in [4.78, 5) is 0. The zero-order chi connectivity index (χ0) is 56.8. The Bertz CT molecular complexity index is 3140. The van der Waals surface area contributed by atoms with Gasteiger partial charge in [0.05, 0.1) is 0 Å². The van der Waals surface area contributed by atoms with Gasteiger partial charge in [-0.3, -0.25) is 0 Å². The summed E-state index contributed by atoms with van der Waals surface area (Å²) >= 11 is 0. The molecule has 0 saturated heterocycles. The quantitative estimate of drug-likeness (QED) is 0.142. The lowest BCUT2D eigenvalue weighted by molar-refractivity contribution is 0.886. The highest BCUT2D eigenvalue weighted by Crippen LogP contribution is 2.36. The van der Waals surface area contributed by atoms with Crippen molar-refractivity contribution in [2.45, 2.75) is 123 Å². The predicted octanol–water partition coefficient (Wildman–Crippen LogP) is 24.2. The van der Waals surface area contributed by atoms with E-state index in [1.807, 2.05) is 27.7 Å². The van der Waals surface area contributed by atoms with Crippen LogP contribution < -0.4 is 0 Å². The second-order valence-electron chi connectivity index (χ2n) is 19.5. The third kappa shape index (κ3) is 18.7. The lowest BCUT2D eigenvalue weighted by atomic mass is 9.91. The molecule has 0 aliphatic carbocycles. The largest absolute Gasteiger partial charge is 0.0683 e. The summed E-state index contributed by atoms with van der Waals surface area (Å²) in [6, 6.07) is 84.8. The lowest BCUT2D eigenvalue weighted by Crippen LogP contribution is -1.90. The van der Waals surface area contributed by atoms with Crippen LogP contribution in [0.4, 0.5) is 0 Å². The van der Waals surface area contributed by atoms with Crippen LogP contribution in [0.5, 0.6) is 0 Å². The Morgan fingerprint density at radius 1 is 0.218 bits per heavy atom. The van der Waals surface area contributed by atoms with Crippen LogP contribution in [0.3, 0.4) is 0 Å². The number of unbranched alkanes of at least 4 members (excludes halogenated alkanes) is 1. The van der Waals surface area contributed by atoms with E-state index >= 15 is 0 Å². The molecule has 10 aromatic rings. The van der Waals surface area contributed by atoms with Crippen LogP contribution in [0.2, 0.25) is 0 Å². The fraction of sp³-hybridized carbons (Fsp3) is 0.231. The van der Waals surface area contributed by atoms with Gasteiger partial charge in [-0.25, -0.2) is 0 Å². The van der Waals surface area contributed by atoms with Crippen LogP contribution in [0.1, 0.15) is 114 Å². The first kappa shape index (κ1) is 62.7. The summed E-state index contributed by atoms with van der Waals surface area (Å²) in [7, 11) is 0. The van der Waals surface area contributed by atoms with Crippen LogP contribution in [-0.2, 0) is 0 Å². The lowest BCUT2D eigenvalue weighted by Gasteiger charge is -2.14. The normalized spacial score (nSPS) is 9.88. The summed E-state index contributed by atoms with van der Waals surface area (Å²) < 4.78 is 0. The van der Waals surface area contributed by atoms with Gasteiger partial charge in [0.2, 0.25) is 0 Å². The Kier molecular flexibility index (Phi) is 27.4. The molecule has 0 bridgehead atoms. The Morgan fingerprint density at radius 3 is 0.910 bits per heavy atom. The standard InChI is InChI=1S/C25H20.2C21H20.C4H10.C3H8.2C2H6/c1-19-12-14-22(15-13-19)25-17-23(20-8-4-2-5-9-20)16-24(18-25)21-10-6-3-7-11-21;1-15-11-13-18(14-12-15)20-9-6-10-21(17(20)3)19-8-5-4-7-16(19)2;1-15-8-11-18(12-9-15)19-13-10-17(3)21(14-19)20-7-5-4-6-16(20)2;1-3-4-2;1-3-2;2*1-2/h2-18H,1H3;2*4-14H,1-3H3;3-4H2,1-2H3;3H2,1-2H3;2*1-2H3. The molecule has 0 amide bonds. The SMILES string of the molecule is CC.CC.CCC.CCCC.Cc1ccc(-c2cc(-c3ccccc3)cc(-c3ccccc3)c2)cc1.Cc1ccc(-c2ccc(C)c(-c3ccccc3C)c2)cc1.Cc1ccc(-c2cccc(-c3ccccc3C)c2C)cc1. The molecule has 0 nitrogen and oxygen atoms in total. The van der Waals surface area contributed by atoms with Crippen LogP contribution in [0.15, 0.2) is 237 Å². The van der Waals surface area contributed by atoms with Gasteiger partial charge in [0.25, 0.3) is 0 Å². The molecular formula is C78H90. The van der Waals surface area contributed by atoms with E-state index < -0.39 is 0 Å². The second-order valence-corrected chi connectivity index (χ2v) is 19.5. The van der Waals surface area contributed by atoms with E-state index in [0.717, 1.165) is 0 Å². The van der Waals surface area contributed by atoms with Crippen LogP contribution in [0, 0.1) is 48.5 Å². The van der Waals surface area contributed by atoms with Crippen molar-refractivity contribution in [2.24, 2.45) is 0 Å². The van der Waals surface area contributed by atoms with E-state index in [1.54, 1.807) is 0 Å². The van der Waals surface area contributed by atoms with E-state index in [1.165, 1.54) is 136 Å². The third-order valence-electron chi connectivity index (χ3n) is 13.2. The van der Waals surface area contributed by atoms with Gasteiger partial charge >= 0.3 is 0 Å². The van der Waals surface area contributed by atoms with Crippen LogP contribution in [0.25, 0.3) is 77.9 Å². The fourth-order valence-electron chi connectivity index (χ4n) is 8.70. The maximum Gasteiger partial charge on any atom is -0.0146 e. The maximum absolute atomic E-state index is 2.31. The van der Waals surface area contributed by atoms with Gasteiger partial charge in [-0.05, 0) is 173 Å². The van der Waals surface area contributed by atoms with Crippen molar-refractivity contribution in [2.75, 3.05) is 0 Å². The Morgan fingerprint density at radius 2 is 0.513 bits per heavy atom. The summed E-state index contributed by atoms with van der Waals surface area (Å²) in [5.74, 6) is 0. The first-order chi connectivity index (χ1) is 37.9. The highest BCUT2D eigenvalue weighted by molar-refractivity contribution is 5.82. The summed E-state index contributed by atoms with van der Waals surface area (Å²) in [5.41, 5.74) is 27.1. The second kappa shape index (κ2) is 34.1. The van der Waals surface area contributed by atoms with Gasteiger partial charge in [-0.2, -0.15) is 0 Å². The van der Waals surface area contributed by atoms with Crippen molar-refractivity contribution in [3.63, 3.8) is 0 Å². The Hall–Kier alpha value is -7.80. The first-order valence-electron chi connectivity index (χ1n) is 28.7. The zero-order valence-corrected chi connectivity index (χ0v) is 50.1. The smallest absolute Gasteiger partial charge is 0.0146 e. The van der Waals surface area contributed by atoms with E-state index in [4.69, 9.17) is 0 Å². The van der Waals surface area contributed by atoms with E-state index in [-0.39, 0.29) is 0 Å². The molecule has 0 radical (unpaired) electrons. The first-order valence-corrected chi connectivity index (χ1v) is 28.7. The highest BCUT2D eigenvalue weighted by Gasteiger charge is 2.11. The summed E-state index contributed by atoms with van der Waals surface area (Å²) in [6.45, 7) is 31.7. The average Bonchev–Trinajstić information content (AvgIpc) is 3.54.